The molecule has 1 nitrogen and oxygen atoms in total. The summed E-state index contributed by atoms with van der Waals surface area (Å²) in [5.41, 5.74) is 2.85. The second-order valence-corrected chi connectivity index (χ2v) is 8.91. The summed E-state index contributed by atoms with van der Waals surface area (Å²) in [4.78, 5) is 13.1. The Bertz CT molecular complexity index is 689. The van der Waals surface area contributed by atoms with E-state index >= 15 is 0 Å². The van der Waals surface area contributed by atoms with E-state index in [1.165, 1.54) is 6.42 Å². The van der Waals surface area contributed by atoms with Crippen molar-refractivity contribution in [3.05, 3.63) is 70.2 Å². The molecule has 0 atom stereocenters. The van der Waals surface area contributed by atoms with Gasteiger partial charge in [-0.2, -0.15) is 0 Å². The molecular formula is C19H17BrOS2. The zero-order valence-corrected chi connectivity index (χ0v) is 15.8. The molecule has 1 fully saturated rings. The molecule has 0 saturated carbocycles. The first-order valence-electron chi connectivity index (χ1n) is 7.54. The van der Waals surface area contributed by atoms with Crippen molar-refractivity contribution in [3.8, 4) is 0 Å². The molecule has 0 aromatic heterocycles. The van der Waals surface area contributed by atoms with Gasteiger partial charge in [0.25, 0.3) is 0 Å². The molecule has 4 heteroatoms. The van der Waals surface area contributed by atoms with Gasteiger partial charge < -0.3 is 0 Å². The van der Waals surface area contributed by atoms with Gasteiger partial charge in [-0.25, -0.2) is 0 Å². The van der Waals surface area contributed by atoms with Gasteiger partial charge in [0.15, 0.2) is 5.78 Å². The van der Waals surface area contributed by atoms with Crippen LogP contribution < -0.4 is 0 Å². The molecule has 1 aliphatic rings. The van der Waals surface area contributed by atoms with Crippen molar-refractivity contribution in [2.24, 2.45) is 0 Å². The number of allylic oxidation sites excluding steroid dienone is 1. The summed E-state index contributed by atoms with van der Waals surface area (Å²) in [6, 6.07) is 18.0. The largest absolute Gasteiger partial charge is 0.292 e. The molecule has 118 valence electrons. The molecule has 2 aromatic carbocycles. The lowest BCUT2D eigenvalue weighted by molar-refractivity contribution is -0.112. The van der Waals surface area contributed by atoms with Crippen LogP contribution in [0, 0.1) is 0 Å². The molecule has 1 saturated heterocycles. The monoisotopic (exact) mass is 404 g/mol. The molecule has 1 heterocycles. The number of Topliss-reactive ketones (excluding diaryl/α,β-unsaturated/α-hetero) is 1. The van der Waals surface area contributed by atoms with E-state index in [1.54, 1.807) is 23.5 Å². The number of benzene rings is 2. The number of rotatable bonds is 4. The number of carbonyl (C=O) groups excluding carboxylic acids is 1. The topological polar surface area (TPSA) is 17.1 Å². The molecule has 0 N–H and O–H groups in total. The quantitative estimate of drug-likeness (QED) is 0.476. The molecular weight excluding hydrogens is 388 g/mol. The predicted octanol–water partition coefficient (Wildman–Crippen LogP) is 5.76. The second kappa shape index (κ2) is 8.22. The Kier molecular flexibility index (Phi) is 6.03. The Labute approximate surface area is 154 Å². The third-order valence-electron chi connectivity index (χ3n) is 3.57. The minimum Gasteiger partial charge on any atom is -0.292 e. The summed E-state index contributed by atoms with van der Waals surface area (Å²) < 4.78 is 1.06. The third kappa shape index (κ3) is 4.52. The van der Waals surface area contributed by atoms with Gasteiger partial charge in [-0.15, -0.1) is 23.5 Å². The average molecular weight is 405 g/mol. The maximum Gasteiger partial charge on any atom is 0.186 e. The van der Waals surface area contributed by atoms with Crippen LogP contribution in [0.15, 0.2) is 59.1 Å². The van der Waals surface area contributed by atoms with Crippen molar-refractivity contribution < 1.29 is 4.79 Å². The van der Waals surface area contributed by atoms with Crippen LogP contribution in [0.3, 0.4) is 0 Å². The van der Waals surface area contributed by atoms with Crippen molar-refractivity contribution in [3.63, 3.8) is 0 Å². The highest BCUT2D eigenvalue weighted by Crippen LogP contribution is 2.35. The fraction of sp³-hybridized carbons (Fsp3) is 0.211. The fourth-order valence-corrected chi connectivity index (χ4v) is 5.42. The molecule has 0 bridgehead atoms. The Morgan fingerprint density at radius 1 is 1.00 bits per heavy atom. The average Bonchev–Trinajstić information content (AvgIpc) is 2.62. The van der Waals surface area contributed by atoms with Gasteiger partial charge in [0.05, 0.1) is 0 Å². The molecule has 0 spiro atoms. The first-order chi connectivity index (χ1) is 11.2. The van der Waals surface area contributed by atoms with E-state index in [4.69, 9.17) is 0 Å². The molecule has 2 aromatic rings. The normalized spacial score (nSPS) is 16.3. The van der Waals surface area contributed by atoms with Crippen molar-refractivity contribution in [1.29, 1.82) is 0 Å². The van der Waals surface area contributed by atoms with E-state index in [9.17, 15) is 4.79 Å². The Morgan fingerprint density at radius 3 is 2.30 bits per heavy atom. The Morgan fingerprint density at radius 2 is 1.65 bits per heavy atom. The van der Waals surface area contributed by atoms with Crippen LogP contribution in [0.4, 0.5) is 0 Å². The van der Waals surface area contributed by atoms with Gasteiger partial charge in [0.1, 0.15) is 4.58 Å². The number of halogens is 1. The summed E-state index contributed by atoms with van der Waals surface area (Å²) in [5.74, 6) is 2.38. The molecule has 1 aliphatic heterocycles. The van der Waals surface area contributed by atoms with Crippen LogP contribution in [0.5, 0.6) is 0 Å². The summed E-state index contributed by atoms with van der Waals surface area (Å²) in [5, 5.41) is 0. The Balaban J connectivity index is 1.96. The third-order valence-corrected chi connectivity index (χ3v) is 7.00. The summed E-state index contributed by atoms with van der Waals surface area (Å²) in [6.07, 6.45) is 3.20. The number of ketones is 1. The van der Waals surface area contributed by atoms with E-state index in [-0.39, 0.29) is 10.4 Å². The number of carbonyl (C=O) groups is 1. The van der Waals surface area contributed by atoms with Crippen LogP contribution in [-0.4, -0.2) is 21.9 Å². The first-order valence-corrected chi connectivity index (χ1v) is 10.4. The minimum absolute atomic E-state index is 0.0191. The number of hydrogen-bond donors (Lipinski definition) is 0. The smallest absolute Gasteiger partial charge is 0.186 e. The standard InChI is InChI=1S/C19H17BrOS2/c20-16-9-7-14(8-10-16)13-17(15-5-2-1-3-6-15)18(21)19-22-11-4-12-23-19/h1-3,5-10,13,19H,4,11-12H2. The maximum absolute atomic E-state index is 13.1. The van der Waals surface area contributed by atoms with Crippen LogP contribution in [0.2, 0.25) is 0 Å². The summed E-state index contributed by atoms with van der Waals surface area (Å²) in [7, 11) is 0. The second-order valence-electron chi connectivity index (χ2n) is 5.27. The van der Waals surface area contributed by atoms with Crippen molar-refractivity contribution in [2.75, 3.05) is 11.5 Å². The Hall–Kier alpha value is -0.970. The van der Waals surface area contributed by atoms with E-state index in [0.29, 0.717) is 0 Å². The lowest BCUT2D eigenvalue weighted by Crippen LogP contribution is -2.19. The number of hydrogen-bond acceptors (Lipinski definition) is 3. The van der Waals surface area contributed by atoms with Gasteiger partial charge in [-0.05, 0) is 47.3 Å². The first kappa shape index (κ1) is 16.9. The summed E-state index contributed by atoms with van der Waals surface area (Å²) >= 11 is 7.00. The van der Waals surface area contributed by atoms with Crippen LogP contribution in [0.1, 0.15) is 17.5 Å². The van der Waals surface area contributed by atoms with Crippen LogP contribution in [-0.2, 0) is 4.79 Å². The molecule has 0 aliphatic carbocycles. The maximum atomic E-state index is 13.1. The van der Waals surface area contributed by atoms with Gasteiger partial charge in [0, 0.05) is 10.0 Å². The van der Waals surface area contributed by atoms with Crippen LogP contribution in [0.25, 0.3) is 11.6 Å². The molecule has 0 amide bonds. The zero-order chi connectivity index (χ0) is 16.1. The van der Waals surface area contributed by atoms with Crippen molar-refractivity contribution in [2.45, 2.75) is 11.0 Å². The highest BCUT2D eigenvalue weighted by Gasteiger charge is 2.26. The predicted molar refractivity (Wildman–Crippen MR) is 107 cm³/mol. The molecule has 3 rings (SSSR count). The molecule has 0 unspecified atom stereocenters. The minimum atomic E-state index is 0.0191. The van der Waals surface area contributed by atoms with Gasteiger partial charge in [-0.1, -0.05) is 58.4 Å². The van der Waals surface area contributed by atoms with Gasteiger partial charge in [-0.3, -0.25) is 4.79 Å². The van der Waals surface area contributed by atoms with Gasteiger partial charge in [0.2, 0.25) is 0 Å². The van der Waals surface area contributed by atoms with E-state index in [2.05, 4.69) is 15.9 Å². The van der Waals surface area contributed by atoms with E-state index in [0.717, 1.165) is 32.7 Å². The van der Waals surface area contributed by atoms with Crippen molar-refractivity contribution in [1.82, 2.24) is 0 Å². The van der Waals surface area contributed by atoms with E-state index < -0.39 is 0 Å². The molecule has 0 radical (unpaired) electrons. The van der Waals surface area contributed by atoms with Crippen LogP contribution >= 0.6 is 39.5 Å². The lowest BCUT2D eigenvalue weighted by atomic mass is 9.99. The lowest BCUT2D eigenvalue weighted by Gasteiger charge is -2.21. The SMILES string of the molecule is O=C(C(=Cc1ccc(Br)cc1)c1ccccc1)C1SCCCS1. The highest BCUT2D eigenvalue weighted by molar-refractivity contribution is 9.10. The highest BCUT2D eigenvalue weighted by atomic mass is 79.9. The zero-order valence-electron chi connectivity index (χ0n) is 12.6. The molecule has 23 heavy (non-hydrogen) atoms. The number of thioether (sulfide) groups is 2. The fourth-order valence-electron chi connectivity index (χ4n) is 2.41. The van der Waals surface area contributed by atoms with Gasteiger partial charge >= 0.3 is 0 Å². The summed E-state index contributed by atoms with van der Waals surface area (Å²) in [6.45, 7) is 0. The van der Waals surface area contributed by atoms with E-state index in [1.807, 2.05) is 60.7 Å². The van der Waals surface area contributed by atoms with Crippen molar-refractivity contribution >= 4 is 56.9 Å².